The molecule has 0 aromatic carbocycles. The van der Waals surface area contributed by atoms with E-state index in [1.165, 1.54) is 12.5 Å². The molecule has 0 bridgehead atoms. The Balaban J connectivity index is 2.13. The summed E-state index contributed by atoms with van der Waals surface area (Å²) in [6.07, 6.45) is -0.237. The molecule has 5 N–H and O–H groups in total. The van der Waals surface area contributed by atoms with Gasteiger partial charge < -0.3 is 25.8 Å². The Bertz CT molecular complexity index is 645. The van der Waals surface area contributed by atoms with Gasteiger partial charge in [0.25, 0.3) is 0 Å². The van der Waals surface area contributed by atoms with Gasteiger partial charge in [-0.1, -0.05) is 0 Å². The molecule has 0 radical (unpaired) electrons. The molecule has 1 aliphatic rings. The van der Waals surface area contributed by atoms with Gasteiger partial charge in [-0.05, 0) is 13.0 Å². The van der Waals surface area contributed by atoms with E-state index in [0.717, 1.165) is 0 Å². The molecule has 2 unspecified atom stereocenters. The van der Waals surface area contributed by atoms with Gasteiger partial charge in [-0.3, -0.25) is 4.57 Å². The number of ether oxygens (including phenoxy) is 1. The maximum absolute atomic E-state index is 10.2. The summed E-state index contributed by atoms with van der Waals surface area (Å²) in [6, 6.07) is 1.69. The zero-order valence-electron chi connectivity index (χ0n) is 10.8. The molecule has 108 valence electrons. The van der Waals surface area contributed by atoms with Crippen molar-refractivity contribution < 1.29 is 20.1 Å². The van der Waals surface area contributed by atoms with Crippen LogP contribution in [0.3, 0.4) is 0 Å². The highest BCUT2D eigenvalue weighted by Crippen LogP contribution is 2.37. The van der Waals surface area contributed by atoms with Gasteiger partial charge in [0, 0.05) is 6.20 Å². The third-order valence-electron chi connectivity index (χ3n) is 3.79. The lowest BCUT2D eigenvalue weighted by atomic mass is 10.0. The SMILES string of the molecule is C[C@@]1(n2cnc3c(N)nccc32)O[C@H](CO)C(O)C1O. The topological polar surface area (TPSA) is 127 Å². The van der Waals surface area contributed by atoms with Crippen LogP contribution in [0.4, 0.5) is 5.82 Å². The first-order valence-electron chi connectivity index (χ1n) is 6.22. The maximum atomic E-state index is 10.2. The van der Waals surface area contributed by atoms with Crippen LogP contribution in [-0.2, 0) is 10.5 Å². The van der Waals surface area contributed by atoms with Gasteiger partial charge >= 0.3 is 0 Å². The zero-order chi connectivity index (χ0) is 14.5. The molecule has 0 aliphatic carbocycles. The number of aliphatic hydroxyl groups excluding tert-OH is 3. The number of anilines is 1. The van der Waals surface area contributed by atoms with Gasteiger partial charge in [0.15, 0.2) is 11.5 Å². The monoisotopic (exact) mass is 280 g/mol. The molecule has 1 saturated heterocycles. The summed E-state index contributed by atoms with van der Waals surface area (Å²) in [6.45, 7) is 1.23. The molecule has 0 saturated carbocycles. The number of pyridine rings is 1. The molecule has 3 rings (SSSR count). The fourth-order valence-electron chi connectivity index (χ4n) is 2.63. The first-order valence-corrected chi connectivity index (χ1v) is 6.22. The highest BCUT2D eigenvalue weighted by molar-refractivity contribution is 5.84. The predicted octanol–water partition coefficient (Wildman–Crippen LogP) is -1.20. The van der Waals surface area contributed by atoms with Crippen LogP contribution in [0.1, 0.15) is 6.92 Å². The van der Waals surface area contributed by atoms with Crippen LogP contribution < -0.4 is 5.73 Å². The summed E-state index contributed by atoms with van der Waals surface area (Å²) >= 11 is 0. The lowest BCUT2D eigenvalue weighted by Crippen LogP contribution is -2.42. The minimum atomic E-state index is -1.24. The van der Waals surface area contributed by atoms with E-state index in [-0.39, 0.29) is 12.4 Å². The second kappa shape index (κ2) is 4.38. The number of hydrogen-bond acceptors (Lipinski definition) is 7. The van der Waals surface area contributed by atoms with Gasteiger partial charge in [0.1, 0.15) is 23.8 Å². The van der Waals surface area contributed by atoms with Crippen molar-refractivity contribution in [2.24, 2.45) is 0 Å². The van der Waals surface area contributed by atoms with Gasteiger partial charge in [-0.2, -0.15) is 0 Å². The van der Waals surface area contributed by atoms with E-state index in [1.807, 2.05) is 0 Å². The van der Waals surface area contributed by atoms with Crippen LogP contribution in [0.5, 0.6) is 0 Å². The Hall–Kier alpha value is -1.74. The highest BCUT2D eigenvalue weighted by Gasteiger charge is 2.52. The van der Waals surface area contributed by atoms with Crippen molar-refractivity contribution in [2.75, 3.05) is 12.3 Å². The number of aliphatic hydroxyl groups is 3. The normalized spacial score (nSPS) is 33.9. The van der Waals surface area contributed by atoms with Crippen molar-refractivity contribution in [1.29, 1.82) is 0 Å². The highest BCUT2D eigenvalue weighted by atomic mass is 16.6. The van der Waals surface area contributed by atoms with Crippen molar-refractivity contribution in [2.45, 2.75) is 31.0 Å². The molecular weight excluding hydrogens is 264 g/mol. The van der Waals surface area contributed by atoms with Crippen molar-refractivity contribution in [3.63, 3.8) is 0 Å². The van der Waals surface area contributed by atoms with Crippen LogP contribution in [0.25, 0.3) is 11.0 Å². The van der Waals surface area contributed by atoms with Crippen molar-refractivity contribution in [3.05, 3.63) is 18.6 Å². The lowest BCUT2D eigenvalue weighted by molar-refractivity contribution is -0.132. The largest absolute Gasteiger partial charge is 0.394 e. The number of hydrogen-bond donors (Lipinski definition) is 4. The molecule has 3 heterocycles. The minimum absolute atomic E-state index is 0.275. The molecule has 4 atom stereocenters. The lowest BCUT2D eigenvalue weighted by Gasteiger charge is -2.29. The Morgan fingerprint density at radius 3 is 2.85 bits per heavy atom. The van der Waals surface area contributed by atoms with E-state index in [9.17, 15) is 15.3 Å². The van der Waals surface area contributed by atoms with Gasteiger partial charge in [0.2, 0.25) is 0 Å². The molecule has 20 heavy (non-hydrogen) atoms. The molecule has 2 aromatic heterocycles. The number of imidazole rings is 1. The number of nitrogen functional groups attached to an aromatic ring is 1. The first kappa shape index (κ1) is 13.3. The average molecular weight is 280 g/mol. The standard InChI is InChI=1S/C12H16N4O4/c1-12(10(19)9(18)7(4-17)20-12)16-5-15-8-6(16)2-3-14-11(8)13/h2-3,5,7,9-10,17-19H,4H2,1H3,(H2,13,14)/t7-,9?,10?,12-/m1/s1. The summed E-state index contributed by atoms with van der Waals surface area (Å²) in [5, 5.41) is 29.3. The average Bonchev–Trinajstić information content (AvgIpc) is 2.96. The quantitative estimate of drug-likeness (QED) is 0.544. The van der Waals surface area contributed by atoms with Crippen molar-refractivity contribution in [3.8, 4) is 0 Å². The summed E-state index contributed by atoms with van der Waals surface area (Å²) in [5.74, 6) is 0.275. The van der Waals surface area contributed by atoms with Gasteiger partial charge in [-0.25, -0.2) is 9.97 Å². The summed E-state index contributed by atoms with van der Waals surface area (Å²) in [5.41, 5.74) is 5.63. The smallest absolute Gasteiger partial charge is 0.172 e. The first-order chi connectivity index (χ1) is 9.49. The maximum Gasteiger partial charge on any atom is 0.172 e. The molecule has 1 aliphatic heterocycles. The third kappa shape index (κ3) is 1.63. The Labute approximate surface area is 114 Å². The van der Waals surface area contributed by atoms with Crippen LogP contribution >= 0.6 is 0 Å². The molecule has 0 spiro atoms. The minimum Gasteiger partial charge on any atom is -0.394 e. The van der Waals surface area contributed by atoms with E-state index in [4.69, 9.17) is 10.5 Å². The van der Waals surface area contributed by atoms with Crippen molar-refractivity contribution in [1.82, 2.24) is 14.5 Å². The second-order valence-electron chi connectivity index (χ2n) is 5.01. The van der Waals surface area contributed by atoms with E-state index in [1.54, 1.807) is 17.6 Å². The van der Waals surface area contributed by atoms with Crippen LogP contribution in [0.15, 0.2) is 18.6 Å². The van der Waals surface area contributed by atoms with Crippen molar-refractivity contribution >= 4 is 16.9 Å². The van der Waals surface area contributed by atoms with E-state index < -0.39 is 24.0 Å². The molecule has 8 nitrogen and oxygen atoms in total. The van der Waals surface area contributed by atoms with Gasteiger partial charge in [0.05, 0.1) is 18.5 Å². The fourth-order valence-corrected chi connectivity index (χ4v) is 2.63. The van der Waals surface area contributed by atoms with E-state index in [2.05, 4.69) is 9.97 Å². The molecule has 8 heteroatoms. The molecular formula is C12H16N4O4. The molecule has 1 fully saturated rings. The van der Waals surface area contributed by atoms with E-state index >= 15 is 0 Å². The van der Waals surface area contributed by atoms with Crippen LogP contribution in [0.2, 0.25) is 0 Å². The number of rotatable bonds is 2. The summed E-state index contributed by atoms with van der Waals surface area (Å²) in [4.78, 5) is 8.10. The van der Waals surface area contributed by atoms with Gasteiger partial charge in [-0.15, -0.1) is 0 Å². The fraction of sp³-hybridized carbons (Fsp3) is 0.500. The third-order valence-corrected chi connectivity index (χ3v) is 3.79. The number of aromatic nitrogens is 3. The number of fused-ring (bicyclic) bond motifs is 1. The second-order valence-corrected chi connectivity index (χ2v) is 5.01. The predicted molar refractivity (Wildman–Crippen MR) is 69.6 cm³/mol. The Morgan fingerprint density at radius 1 is 1.45 bits per heavy atom. The number of nitrogens with two attached hydrogens (primary N) is 1. The van der Waals surface area contributed by atoms with Crippen LogP contribution in [0, 0.1) is 0 Å². The van der Waals surface area contributed by atoms with E-state index in [0.29, 0.717) is 11.0 Å². The summed E-state index contributed by atoms with van der Waals surface area (Å²) in [7, 11) is 0. The number of nitrogens with zero attached hydrogens (tertiary/aromatic N) is 3. The Morgan fingerprint density at radius 2 is 2.20 bits per heavy atom. The molecule has 0 amide bonds. The van der Waals surface area contributed by atoms with Crippen LogP contribution in [-0.4, -0.2) is 54.8 Å². The Kier molecular flexibility index (Phi) is 2.91. The zero-order valence-corrected chi connectivity index (χ0v) is 10.8. The molecule has 2 aromatic rings. The summed E-state index contributed by atoms with van der Waals surface area (Å²) < 4.78 is 7.21.